The second-order valence-corrected chi connectivity index (χ2v) is 8.77. The minimum absolute atomic E-state index is 0.0306. The summed E-state index contributed by atoms with van der Waals surface area (Å²) < 4.78 is 5.15. The fourth-order valence-corrected chi connectivity index (χ4v) is 4.76. The molecule has 0 saturated carbocycles. The summed E-state index contributed by atoms with van der Waals surface area (Å²) in [4.78, 5) is 31.2. The normalized spacial score (nSPS) is 21.5. The summed E-state index contributed by atoms with van der Waals surface area (Å²) in [6.07, 6.45) is 3.26. The van der Waals surface area contributed by atoms with E-state index in [2.05, 4.69) is 15.1 Å². The average molecular weight is 410 g/mol. The lowest BCUT2D eigenvalue weighted by atomic mass is 9.95. The summed E-state index contributed by atoms with van der Waals surface area (Å²) in [6.45, 7) is 7.05. The number of carbonyl (C=O) groups excluding carboxylic acids is 2. The van der Waals surface area contributed by atoms with Gasteiger partial charge in [-0.25, -0.2) is 0 Å². The molecule has 2 saturated heterocycles. The molecule has 2 fully saturated rings. The third-order valence-corrected chi connectivity index (χ3v) is 6.78. The van der Waals surface area contributed by atoms with Gasteiger partial charge in [0.05, 0.1) is 12.5 Å². The largest absolute Gasteiger partial charge is 0.383 e. The molecule has 0 spiro atoms. The smallest absolute Gasteiger partial charge is 0.229 e. The second-order valence-electron chi connectivity index (χ2n) is 7.73. The second kappa shape index (κ2) is 9.76. The van der Waals surface area contributed by atoms with Gasteiger partial charge >= 0.3 is 0 Å². The summed E-state index contributed by atoms with van der Waals surface area (Å²) in [5.74, 6) is 0.277. The molecular formula is C19H31N5O3S. The fourth-order valence-electron chi connectivity index (χ4n) is 3.96. The van der Waals surface area contributed by atoms with Crippen molar-refractivity contribution in [1.29, 1.82) is 0 Å². The van der Waals surface area contributed by atoms with Crippen molar-refractivity contribution < 1.29 is 14.3 Å². The Morgan fingerprint density at radius 1 is 1.32 bits per heavy atom. The van der Waals surface area contributed by atoms with E-state index in [1.54, 1.807) is 12.0 Å². The number of methoxy groups -OCH3 is 1. The van der Waals surface area contributed by atoms with Crippen molar-refractivity contribution in [3.05, 3.63) is 5.01 Å². The van der Waals surface area contributed by atoms with Gasteiger partial charge in [0.15, 0.2) is 0 Å². The van der Waals surface area contributed by atoms with Crippen LogP contribution >= 0.6 is 11.3 Å². The summed E-state index contributed by atoms with van der Waals surface area (Å²) in [7, 11) is 3.60. The molecule has 2 aliphatic rings. The Morgan fingerprint density at radius 3 is 2.71 bits per heavy atom. The number of hydrogen-bond acceptors (Lipinski definition) is 7. The molecule has 0 aromatic carbocycles. The third kappa shape index (κ3) is 5.07. The van der Waals surface area contributed by atoms with Crippen LogP contribution in [0.1, 0.15) is 31.2 Å². The van der Waals surface area contributed by atoms with E-state index in [0.717, 1.165) is 57.1 Å². The van der Waals surface area contributed by atoms with Gasteiger partial charge in [-0.15, -0.1) is 10.2 Å². The number of nitrogens with zero attached hydrogens (tertiary/aromatic N) is 5. The number of piperidine rings is 1. The topological polar surface area (TPSA) is 78.9 Å². The summed E-state index contributed by atoms with van der Waals surface area (Å²) in [5.41, 5.74) is 0. The van der Waals surface area contributed by atoms with Gasteiger partial charge in [0.25, 0.3) is 0 Å². The van der Waals surface area contributed by atoms with E-state index in [4.69, 9.17) is 4.74 Å². The van der Waals surface area contributed by atoms with Crippen LogP contribution < -0.4 is 4.90 Å². The molecule has 0 bridgehead atoms. The van der Waals surface area contributed by atoms with Crippen LogP contribution in [0.3, 0.4) is 0 Å². The molecule has 28 heavy (non-hydrogen) atoms. The number of anilines is 1. The van der Waals surface area contributed by atoms with Crippen molar-refractivity contribution in [3.63, 3.8) is 0 Å². The SMILES string of the molecule is CCc1nnc(N2CC(C(=O)N(C)CC3CCN(CCOC)CC3)CC2=O)s1. The van der Waals surface area contributed by atoms with Crippen molar-refractivity contribution in [3.8, 4) is 0 Å². The van der Waals surface area contributed by atoms with E-state index in [-0.39, 0.29) is 24.2 Å². The number of aromatic nitrogens is 2. The molecule has 156 valence electrons. The zero-order chi connectivity index (χ0) is 20.1. The Balaban J connectivity index is 1.48. The molecule has 1 aromatic heterocycles. The zero-order valence-corrected chi connectivity index (χ0v) is 17.9. The van der Waals surface area contributed by atoms with Gasteiger partial charge < -0.3 is 14.5 Å². The number of amides is 2. The van der Waals surface area contributed by atoms with E-state index < -0.39 is 0 Å². The number of likely N-dealkylation sites (tertiary alicyclic amines) is 1. The van der Waals surface area contributed by atoms with Crippen molar-refractivity contribution in [1.82, 2.24) is 20.0 Å². The Kier molecular flexibility index (Phi) is 7.36. The van der Waals surface area contributed by atoms with Crippen molar-refractivity contribution in [2.45, 2.75) is 32.6 Å². The van der Waals surface area contributed by atoms with Crippen LogP contribution in [-0.4, -0.2) is 85.3 Å². The van der Waals surface area contributed by atoms with Crippen molar-refractivity contribution in [2.24, 2.45) is 11.8 Å². The first-order valence-electron chi connectivity index (χ1n) is 10.1. The highest BCUT2D eigenvalue weighted by molar-refractivity contribution is 7.15. The number of hydrogen-bond donors (Lipinski definition) is 0. The summed E-state index contributed by atoms with van der Waals surface area (Å²) in [5, 5.41) is 9.73. The highest BCUT2D eigenvalue weighted by Crippen LogP contribution is 2.29. The number of rotatable bonds is 8. The predicted molar refractivity (Wildman–Crippen MR) is 108 cm³/mol. The Hall–Kier alpha value is -1.58. The number of ether oxygens (including phenoxy) is 1. The predicted octanol–water partition coefficient (Wildman–Crippen LogP) is 1.27. The molecule has 1 aromatic rings. The lowest BCUT2D eigenvalue weighted by molar-refractivity contribution is -0.135. The standard InChI is InChI=1S/C19H31N5O3S/c1-4-16-20-21-19(28-16)24-13-15(11-17(24)25)18(26)22(2)12-14-5-7-23(8-6-14)9-10-27-3/h14-15H,4-13H2,1-3H3. The lowest BCUT2D eigenvalue weighted by Crippen LogP contribution is -2.42. The van der Waals surface area contributed by atoms with E-state index in [0.29, 0.717) is 17.6 Å². The van der Waals surface area contributed by atoms with Gasteiger partial charge in [-0.1, -0.05) is 18.3 Å². The van der Waals surface area contributed by atoms with Crippen LogP contribution in [0.5, 0.6) is 0 Å². The van der Waals surface area contributed by atoms with Crippen LogP contribution in [-0.2, 0) is 20.7 Å². The quantitative estimate of drug-likeness (QED) is 0.643. The molecule has 0 aliphatic carbocycles. The zero-order valence-electron chi connectivity index (χ0n) is 17.1. The Bertz CT molecular complexity index is 674. The summed E-state index contributed by atoms with van der Waals surface area (Å²) >= 11 is 1.43. The molecule has 0 N–H and O–H groups in total. The van der Waals surface area contributed by atoms with Crippen LogP contribution in [0, 0.1) is 11.8 Å². The van der Waals surface area contributed by atoms with Gasteiger partial charge in [0.2, 0.25) is 16.9 Å². The molecular weight excluding hydrogens is 378 g/mol. The Labute approximate surface area is 170 Å². The lowest BCUT2D eigenvalue weighted by Gasteiger charge is -2.34. The van der Waals surface area contributed by atoms with Gasteiger partial charge in [0, 0.05) is 40.2 Å². The first kappa shape index (κ1) is 21.1. The van der Waals surface area contributed by atoms with E-state index in [9.17, 15) is 9.59 Å². The molecule has 0 radical (unpaired) electrons. The maximum Gasteiger partial charge on any atom is 0.229 e. The number of carbonyl (C=O) groups is 2. The minimum atomic E-state index is -0.284. The van der Waals surface area contributed by atoms with Gasteiger partial charge in [-0.3, -0.25) is 14.5 Å². The monoisotopic (exact) mass is 409 g/mol. The molecule has 1 atom stereocenters. The first-order chi connectivity index (χ1) is 13.5. The molecule has 8 nitrogen and oxygen atoms in total. The highest BCUT2D eigenvalue weighted by atomic mass is 32.1. The van der Waals surface area contributed by atoms with Gasteiger partial charge in [0.1, 0.15) is 5.01 Å². The van der Waals surface area contributed by atoms with Crippen molar-refractivity contribution >= 4 is 28.3 Å². The van der Waals surface area contributed by atoms with Gasteiger partial charge in [-0.05, 0) is 38.3 Å². The van der Waals surface area contributed by atoms with Crippen LogP contribution in [0.15, 0.2) is 0 Å². The first-order valence-corrected chi connectivity index (χ1v) is 10.9. The summed E-state index contributed by atoms with van der Waals surface area (Å²) in [6, 6.07) is 0. The molecule has 1 unspecified atom stereocenters. The molecule has 3 rings (SSSR count). The Morgan fingerprint density at radius 2 is 2.07 bits per heavy atom. The molecule has 3 heterocycles. The minimum Gasteiger partial charge on any atom is -0.383 e. The molecule has 9 heteroatoms. The maximum absolute atomic E-state index is 12.9. The average Bonchev–Trinajstić information content (AvgIpc) is 3.33. The van der Waals surface area contributed by atoms with E-state index >= 15 is 0 Å². The fraction of sp³-hybridized carbons (Fsp3) is 0.789. The van der Waals surface area contributed by atoms with E-state index in [1.807, 2.05) is 18.9 Å². The molecule has 2 aliphatic heterocycles. The van der Waals surface area contributed by atoms with Crippen LogP contribution in [0.25, 0.3) is 0 Å². The van der Waals surface area contributed by atoms with E-state index in [1.165, 1.54) is 11.3 Å². The maximum atomic E-state index is 12.9. The third-order valence-electron chi connectivity index (χ3n) is 5.69. The van der Waals surface area contributed by atoms with Crippen molar-refractivity contribution in [2.75, 3.05) is 58.4 Å². The van der Waals surface area contributed by atoms with Gasteiger partial charge in [-0.2, -0.15) is 0 Å². The van der Waals surface area contributed by atoms with Crippen LogP contribution in [0.4, 0.5) is 5.13 Å². The molecule has 2 amide bonds. The number of aryl methyl sites for hydroxylation is 1. The van der Waals surface area contributed by atoms with Crippen LogP contribution in [0.2, 0.25) is 0 Å². The highest BCUT2D eigenvalue weighted by Gasteiger charge is 2.38.